The summed E-state index contributed by atoms with van der Waals surface area (Å²) in [6.07, 6.45) is 0. The van der Waals surface area contributed by atoms with E-state index in [9.17, 15) is 4.79 Å². The molecule has 0 radical (unpaired) electrons. The van der Waals surface area contributed by atoms with E-state index in [2.05, 4.69) is 13.2 Å². The predicted octanol–water partition coefficient (Wildman–Crippen LogP) is 2.03. The molecule has 0 heterocycles. The van der Waals surface area contributed by atoms with Crippen molar-refractivity contribution in [3.63, 3.8) is 0 Å². The number of hydrogen-bond acceptors (Lipinski definition) is 2. The minimum absolute atomic E-state index is 0.0185. The first kappa shape index (κ1) is 8.59. The molecule has 0 saturated heterocycles. The second-order valence-corrected chi connectivity index (χ2v) is 3.06. The van der Waals surface area contributed by atoms with Crippen LogP contribution in [-0.4, -0.2) is 11.1 Å². The van der Waals surface area contributed by atoms with Crippen molar-refractivity contribution in [3.05, 3.63) is 22.4 Å². The highest BCUT2D eigenvalue weighted by atomic mass is 35.5. The normalized spacial score (nSPS) is 8.56. The van der Waals surface area contributed by atoms with Crippen LogP contribution in [0.15, 0.2) is 22.4 Å². The van der Waals surface area contributed by atoms with Crippen LogP contribution >= 0.6 is 23.4 Å². The third kappa shape index (κ3) is 4.12. The van der Waals surface area contributed by atoms with Crippen LogP contribution in [0.25, 0.3) is 0 Å². The molecule has 0 fully saturated rings. The van der Waals surface area contributed by atoms with Gasteiger partial charge in [0.05, 0.1) is 9.27 Å². The van der Waals surface area contributed by atoms with E-state index in [-0.39, 0.29) is 9.27 Å². The minimum Gasteiger partial charge on any atom is -0.477 e. The molecule has 0 amide bonds. The van der Waals surface area contributed by atoms with Gasteiger partial charge in [-0.05, 0) is 0 Å². The highest BCUT2D eigenvalue weighted by Crippen LogP contribution is 2.24. The van der Waals surface area contributed by atoms with Gasteiger partial charge >= 0.3 is 5.97 Å². The Morgan fingerprint density at radius 1 is 1.56 bits per heavy atom. The Labute approximate surface area is 62.2 Å². The molecule has 0 aromatic rings. The molecule has 0 spiro atoms. The Hall–Kier alpha value is -0.410. The molecule has 0 atom stereocenters. The van der Waals surface area contributed by atoms with Crippen LogP contribution in [0.2, 0.25) is 0 Å². The van der Waals surface area contributed by atoms with Gasteiger partial charge in [0.1, 0.15) is 0 Å². The lowest BCUT2D eigenvalue weighted by atomic mass is 10.7. The van der Waals surface area contributed by atoms with Gasteiger partial charge in [-0.2, -0.15) is 0 Å². The third-order valence-corrected chi connectivity index (χ3v) is 1.35. The fourth-order valence-electron chi connectivity index (χ4n) is 0.177. The van der Waals surface area contributed by atoms with E-state index in [4.69, 9.17) is 16.7 Å². The van der Waals surface area contributed by atoms with Crippen LogP contribution in [-0.2, 0) is 4.79 Å². The predicted molar refractivity (Wildman–Crippen MR) is 39.4 cm³/mol. The summed E-state index contributed by atoms with van der Waals surface area (Å²) in [6, 6.07) is 0. The van der Waals surface area contributed by atoms with E-state index < -0.39 is 5.97 Å². The molecule has 0 rings (SSSR count). The fraction of sp³-hybridized carbons (Fsp3) is 0. The molecular weight excluding hydrogens is 160 g/mol. The maximum atomic E-state index is 10.0. The second kappa shape index (κ2) is 3.58. The Kier molecular flexibility index (Phi) is 3.42. The molecule has 0 bridgehead atoms. The first-order valence-electron chi connectivity index (χ1n) is 1.98. The maximum Gasteiger partial charge on any atom is 0.341 e. The molecule has 0 aliphatic heterocycles. The molecule has 0 saturated carbocycles. The van der Waals surface area contributed by atoms with Gasteiger partial charge in [0.15, 0.2) is 0 Å². The lowest BCUT2D eigenvalue weighted by Gasteiger charge is -1.93. The summed E-state index contributed by atoms with van der Waals surface area (Å²) >= 11 is 6.10. The smallest absolute Gasteiger partial charge is 0.341 e. The van der Waals surface area contributed by atoms with Crippen LogP contribution in [0, 0.1) is 0 Å². The molecular formula is C5H5ClO2S. The highest BCUT2D eigenvalue weighted by Gasteiger charge is 2.03. The summed E-state index contributed by atoms with van der Waals surface area (Å²) < 4.78 is 0.211. The Balaban J connectivity index is 3.79. The SMILES string of the molecule is C=C(Cl)SC(=C)C(=O)O. The quantitative estimate of drug-likeness (QED) is 0.649. The minimum atomic E-state index is -1.07. The first-order chi connectivity index (χ1) is 4.04. The average molecular weight is 165 g/mol. The molecule has 0 aromatic heterocycles. The number of carboxylic acid groups (broad SMARTS) is 1. The third-order valence-electron chi connectivity index (χ3n) is 0.472. The number of rotatable bonds is 3. The molecule has 0 unspecified atom stereocenters. The van der Waals surface area contributed by atoms with Gasteiger partial charge in [-0.15, -0.1) is 0 Å². The number of aliphatic carboxylic acids is 1. The summed E-state index contributed by atoms with van der Waals surface area (Å²) in [5, 5.41) is 8.21. The van der Waals surface area contributed by atoms with E-state index in [0.29, 0.717) is 0 Å². The van der Waals surface area contributed by atoms with Crippen LogP contribution in [0.4, 0.5) is 0 Å². The van der Waals surface area contributed by atoms with Gasteiger partial charge in [-0.3, -0.25) is 0 Å². The average Bonchev–Trinajstić information content (AvgIpc) is 1.63. The monoisotopic (exact) mass is 164 g/mol. The van der Waals surface area contributed by atoms with Gasteiger partial charge in [-0.25, -0.2) is 4.79 Å². The van der Waals surface area contributed by atoms with Crippen LogP contribution in [0.3, 0.4) is 0 Å². The summed E-state index contributed by atoms with van der Waals surface area (Å²) in [6.45, 7) is 6.49. The van der Waals surface area contributed by atoms with E-state index in [1.807, 2.05) is 0 Å². The summed E-state index contributed by atoms with van der Waals surface area (Å²) in [4.78, 5) is 10.00. The Bertz CT molecular complexity index is 164. The van der Waals surface area contributed by atoms with E-state index in [1.54, 1.807) is 0 Å². The zero-order valence-electron chi connectivity index (χ0n) is 4.56. The maximum absolute atomic E-state index is 10.0. The van der Waals surface area contributed by atoms with Crippen molar-refractivity contribution < 1.29 is 9.90 Å². The lowest BCUT2D eigenvalue weighted by Crippen LogP contribution is -1.93. The largest absolute Gasteiger partial charge is 0.477 e. The van der Waals surface area contributed by atoms with Crippen LogP contribution < -0.4 is 0 Å². The number of thioether (sulfide) groups is 1. The Morgan fingerprint density at radius 2 is 2.00 bits per heavy atom. The molecule has 0 aliphatic carbocycles. The molecule has 50 valence electrons. The van der Waals surface area contributed by atoms with Crippen LogP contribution in [0.5, 0.6) is 0 Å². The molecule has 1 N–H and O–H groups in total. The zero-order chi connectivity index (χ0) is 7.44. The second-order valence-electron chi connectivity index (χ2n) is 1.19. The van der Waals surface area contributed by atoms with Crippen molar-refractivity contribution in [1.82, 2.24) is 0 Å². The summed E-state index contributed by atoms with van der Waals surface area (Å²) in [7, 11) is 0. The number of hydrogen-bond donors (Lipinski definition) is 1. The number of carbonyl (C=O) groups is 1. The van der Waals surface area contributed by atoms with Gasteiger partial charge in [0.25, 0.3) is 0 Å². The van der Waals surface area contributed by atoms with E-state index in [0.717, 1.165) is 11.8 Å². The number of halogens is 1. The summed E-state index contributed by atoms with van der Waals surface area (Å²) in [5.74, 6) is -1.07. The van der Waals surface area contributed by atoms with Crippen molar-refractivity contribution >= 4 is 29.3 Å². The lowest BCUT2D eigenvalue weighted by molar-refractivity contribution is -0.131. The molecule has 0 aliphatic rings. The van der Waals surface area contributed by atoms with E-state index in [1.165, 1.54) is 0 Å². The molecule has 0 aromatic carbocycles. The van der Waals surface area contributed by atoms with Crippen LogP contribution in [0.1, 0.15) is 0 Å². The fourth-order valence-corrected chi connectivity index (χ4v) is 0.811. The van der Waals surface area contributed by atoms with E-state index >= 15 is 0 Å². The van der Waals surface area contributed by atoms with Crippen molar-refractivity contribution in [2.75, 3.05) is 0 Å². The van der Waals surface area contributed by atoms with Crippen molar-refractivity contribution in [1.29, 1.82) is 0 Å². The Morgan fingerprint density at radius 3 is 2.11 bits per heavy atom. The summed E-state index contributed by atoms with van der Waals surface area (Å²) in [5.41, 5.74) is 0. The van der Waals surface area contributed by atoms with Gasteiger partial charge in [0, 0.05) is 0 Å². The topological polar surface area (TPSA) is 37.3 Å². The van der Waals surface area contributed by atoms with Gasteiger partial charge in [-0.1, -0.05) is 36.5 Å². The first-order valence-corrected chi connectivity index (χ1v) is 3.18. The molecule has 4 heteroatoms. The van der Waals surface area contributed by atoms with Gasteiger partial charge in [0.2, 0.25) is 0 Å². The molecule has 2 nitrogen and oxygen atoms in total. The van der Waals surface area contributed by atoms with Crippen molar-refractivity contribution in [2.45, 2.75) is 0 Å². The zero-order valence-corrected chi connectivity index (χ0v) is 6.13. The van der Waals surface area contributed by atoms with Crippen molar-refractivity contribution in [3.8, 4) is 0 Å². The highest BCUT2D eigenvalue weighted by molar-refractivity contribution is 8.08. The number of carboxylic acids is 1. The van der Waals surface area contributed by atoms with Gasteiger partial charge < -0.3 is 5.11 Å². The standard InChI is InChI=1S/C5H5ClO2S/c1-3(5(7)8)9-4(2)6/h1-2H2,(H,7,8). The molecule has 9 heavy (non-hydrogen) atoms. The van der Waals surface area contributed by atoms with Crippen molar-refractivity contribution in [2.24, 2.45) is 0 Å².